The Labute approximate surface area is 149 Å². The average Bonchev–Trinajstić information content (AvgIpc) is 2.53. The topological polar surface area (TPSA) is 53.9 Å². The first-order chi connectivity index (χ1) is 11.8. The number of hydrogen-bond acceptors (Lipinski definition) is 2. The van der Waals surface area contributed by atoms with Gasteiger partial charge in [-0.15, -0.1) is 0 Å². The summed E-state index contributed by atoms with van der Waals surface area (Å²) in [6.07, 6.45) is 3.21. The number of rotatable bonds is 5. The number of quaternary nitrogens is 1. The Morgan fingerprint density at radius 2 is 1.96 bits per heavy atom. The van der Waals surface area contributed by atoms with E-state index in [1.807, 2.05) is 18.9 Å². The summed E-state index contributed by atoms with van der Waals surface area (Å²) in [7, 11) is 1.84. The normalized spacial score (nSPS) is 23.0. The molecule has 0 bridgehead atoms. The molecule has 1 fully saturated rings. The van der Waals surface area contributed by atoms with Crippen molar-refractivity contribution >= 4 is 17.5 Å². The van der Waals surface area contributed by atoms with E-state index in [9.17, 15) is 14.0 Å². The number of anilines is 1. The van der Waals surface area contributed by atoms with Crippen LogP contribution in [0.1, 0.15) is 40.0 Å². The molecule has 0 aromatic heterocycles. The van der Waals surface area contributed by atoms with Gasteiger partial charge in [0, 0.05) is 17.8 Å². The van der Waals surface area contributed by atoms with E-state index in [4.69, 9.17) is 0 Å². The Hall–Kier alpha value is -1.95. The number of carbonyl (C=O) groups excluding carboxylic acids is 2. The van der Waals surface area contributed by atoms with Crippen LogP contribution in [0.3, 0.4) is 0 Å². The predicted octanol–water partition coefficient (Wildman–Crippen LogP) is 1.46. The van der Waals surface area contributed by atoms with Gasteiger partial charge in [0.25, 0.3) is 11.8 Å². The molecular weight excluding hydrogens is 321 g/mol. The van der Waals surface area contributed by atoms with Crippen LogP contribution in [0.5, 0.6) is 0 Å². The van der Waals surface area contributed by atoms with Crippen molar-refractivity contribution in [1.29, 1.82) is 0 Å². The second kappa shape index (κ2) is 8.43. The number of piperidine rings is 1. The van der Waals surface area contributed by atoms with E-state index in [2.05, 4.69) is 19.2 Å². The summed E-state index contributed by atoms with van der Waals surface area (Å²) >= 11 is 0. The van der Waals surface area contributed by atoms with Crippen LogP contribution in [0.15, 0.2) is 24.3 Å². The molecule has 138 valence electrons. The van der Waals surface area contributed by atoms with E-state index >= 15 is 0 Å². The first-order valence-electron chi connectivity index (χ1n) is 8.99. The number of halogens is 1. The first-order valence-corrected chi connectivity index (χ1v) is 8.99. The Morgan fingerprint density at radius 1 is 1.32 bits per heavy atom. The second-order valence-corrected chi connectivity index (χ2v) is 7.18. The lowest BCUT2D eigenvalue weighted by Gasteiger charge is -2.40. The zero-order valence-electron chi connectivity index (χ0n) is 15.5. The third kappa shape index (κ3) is 5.01. The van der Waals surface area contributed by atoms with Crippen LogP contribution in [0.4, 0.5) is 10.1 Å². The summed E-state index contributed by atoms with van der Waals surface area (Å²) in [5.41, 5.74) is 0.426. The number of benzene rings is 1. The van der Waals surface area contributed by atoms with E-state index in [1.54, 1.807) is 12.1 Å². The quantitative estimate of drug-likeness (QED) is 0.845. The van der Waals surface area contributed by atoms with Crippen LogP contribution in [0.25, 0.3) is 0 Å². The van der Waals surface area contributed by atoms with Crippen LogP contribution < -0.4 is 10.2 Å². The second-order valence-electron chi connectivity index (χ2n) is 7.18. The molecule has 1 aliphatic heterocycles. The van der Waals surface area contributed by atoms with Gasteiger partial charge in [0.15, 0.2) is 12.6 Å². The van der Waals surface area contributed by atoms with Gasteiger partial charge in [0.2, 0.25) is 0 Å². The highest BCUT2D eigenvalue weighted by Crippen LogP contribution is 2.22. The number of amides is 2. The minimum atomic E-state index is -0.393. The van der Waals surface area contributed by atoms with Crippen molar-refractivity contribution < 1.29 is 18.9 Å². The van der Waals surface area contributed by atoms with Gasteiger partial charge in [0.05, 0.1) is 7.05 Å². The number of hydrogen-bond donors (Lipinski definition) is 2. The van der Waals surface area contributed by atoms with Crippen molar-refractivity contribution in [2.24, 2.45) is 0 Å². The van der Waals surface area contributed by atoms with Gasteiger partial charge in [-0.25, -0.2) is 4.39 Å². The molecule has 6 heteroatoms. The highest BCUT2D eigenvalue weighted by molar-refractivity contribution is 5.91. The molecule has 0 spiro atoms. The molecule has 1 saturated heterocycles. The van der Waals surface area contributed by atoms with Crippen molar-refractivity contribution in [3.8, 4) is 0 Å². The summed E-state index contributed by atoms with van der Waals surface area (Å²) in [5, 5.41) is 2.68. The monoisotopic (exact) mass is 350 g/mol. The largest absolute Gasteiger partial charge is 0.332 e. The maximum atomic E-state index is 13.2. The van der Waals surface area contributed by atoms with Crippen molar-refractivity contribution in [3.05, 3.63) is 30.1 Å². The molecule has 1 unspecified atom stereocenters. The molecule has 0 aliphatic carbocycles. The molecule has 2 rings (SSSR count). The molecule has 2 N–H and O–H groups in total. The maximum Gasteiger partial charge on any atom is 0.281 e. The van der Waals surface area contributed by atoms with Crippen molar-refractivity contribution in [1.82, 2.24) is 4.90 Å². The lowest BCUT2D eigenvalue weighted by molar-refractivity contribution is -0.886. The molecule has 0 saturated carbocycles. The molecule has 5 nitrogen and oxygen atoms in total. The highest BCUT2D eigenvalue weighted by atomic mass is 19.1. The molecule has 1 heterocycles. The average molecular weight is 350 g/mol. The van der Waals surface area contributed by atoms with Gasteiger partial charge in [-0.2, -0.15) is 0 Å². The molecule has 2 amide bonds. The fourth-order valence-corrected chi connectivity index (χ4v) is 3.47. The summed E-state index contributed by atoms with van der Waals surface area (Å²) < 4.78 is 13.2. The molecule has 1 aromatic carbocycles. The zero-order valence-corrected chi connectivity index (χ0v) is 15.5. The van der Waals surface area contributed by atoms with Crippen molar-refractivity contribution in [2.45, 2.75) is 58.2 Å². The number of likely N-dealkylation sites (N-methyl/N-ethyl adjacent to an activating group) is 1. The molecular formula is C19H29FN3O2+. The van der Waals surface area contributed by atoms with E-state index in [0.29, 0.717) is 5.69 Å². The first kappa shape index (κ1) is 19.4. The maximum absolute atomic E-state index is 13.2. The van der Waals surface area contributed by atoms with Gasteiger partial charge in [0.1, 0.15) is 5.82 Å². The summed E-state index contributed by atoms with van der Waals surface area (Å²) in [6, 6.07) is 5.98. The minimum absolute atomic E-state index is 0.0933. The molecule has 1 aromatic rings. The zero-order chi connectivity index (χ0) is 18.6. The van der Waals surface area contributed by atoms with Gasteiger partial charge in [-0.3, -0.25) is 9.59 Å². The molecule has 25 heavy (non-hydrogen) atoms. The van der Waals surface area contributed by atoms with Crippen LogP contribution in [0.2, 0.25) is 0 Å². The molecule has 1 aliphatic rings. The van der Waals surface area contributed by atoms with Crippen molar-refractivity contribution in [3.63, 3.8) is 0 Å². The Bertz CT molecular complexity index is 612. The van der Waals surface area contributed by atoms with Gasteiger partial charge in [-0.1, -0.05) is 6.07 Å². The van der Waals surface area contributed by atoms with E-state index in [0.717, 1.165) is 24.2 Å². The van der Waals surface area contributed by atoms with Crippen molar-refractivity contribution in [2.75, 3.05) is 18.9 Å². The van der Waals surface area contributed by atoms with E-state index < -0.39 is 5.82 Å². The number of nitrogens with one attached hydrogen (secondary N) is 2. The fraction of sp³-hybridized carbons (Fsp3) is 0.579. The smallest absolute Gasteiger partial charge is 0.281 e. The van der Waals surface area contributed by atoms with Crippen LogP contribution in [0, 0.1) is 5.82 Å². The van der Waals surface area contributed by atoms with E-state index in [1.165, 1.54) is 12.1 Å². The SMILES string of the molecule is C[C@@H]1CCC[C@H](C)N1C(=O)[C@@H](C)[NH+](C)CC(=O)Nc1cccc(F)c1. The fourth-order valence-electron chi connectivity index (χ4n) is 3.47. The third-order valence-electron chi connectivity index (χ3n) is 5.11. The standard InChI is InChI=1S/C19H28FN3O2/c1-13-7-5-8-14(2)23(13)19(25)15(3)22(4)12-18(24)21-17-10-6-9-16(20)11-17/h6,9-11,13-15H,5,7-8,12H2,1-4H3,(H,21,24)/p+1/t13-,14+,15-/m1/s1. The summed E-state index contributed by atoms with van der Waals surface area (Å²) in [6.45, 7) is 6.19. The summed E-state index contributed by atoms with van der Waals surface area (Å²) in [5.74, 6) is -0.534. The predicted molar refractivity (Wildman–Crippen MR) is 95.9 cm³/mol. The Morgan fingerprint density at radius 3 is 2.56 bits per heavy atom. The Balaban J connectivity index is 1.93. The molecule has 0 radical (unpaired) electrons. The van der Waals surface area contributed by atoms with Crippen LogP contribution >= 0.6 is 0 Å². The minimum Gasteiger partial charge on any atom is -0.332 e. The number of likely N-dealkylation sites (tertiary alicyclic amines) is 1. The summed E-state index contributed by atoms with van der Waals surface area (Å²) in [4.78, 5) is 27.9. The Kier molecular flexibility index (Phi) is 6.53. The van der Waals surface area contributed by atoms with Gasteiger partial charge < -0.3 is 15.1 Å². The van der Waals surface area contributed by atoms with Gasteiger partial charge in [-0.05, 0) is 58.2 Å². The lowest BCUT2D eigenvalue weighted by Crippen LogP contribution is -3.15. The van der Waals surface area contributed by atoms with Crippen LogP contribution in [-0.2, 0) is 9.59 Å². The molecule has 4 atom stereocenters. The lowest BCUT2D eigenvalue weighted by atomic mass is 9.96. The highest BCUT2D eigenvalue weighted by Gasteiger charge is 2.35. The number of carbonyl (C=O) groups is 2. The van der Waals surface area contributed by atoms with Crippen LogP contribution in [-0.4, -0.2) is 48.4 Å². The van der Waals surface area contributed by atoms with E-state index in [-0.39, 0.29) is 36.5 Å². The number of nitrogens with zero attached hydrogens (tertiary/aromatic N) is 1. The van der Waals surface area contributed by atoms with Gasteiger partial charge >= 0.3 is 0 Å². The third-order valence-corrected chi connectivity index (χ3v) is 5.11.